The minimum atomic E-state index is 0.0759. The van der Waals surface area contributed by atoms with E-state index in [4.69, 9.17) is 0 Å². The van der Waals surface area contributed by atoms with Gasteiger partial charge in [-0.15, -0.1) is 0 Å². The highest BCUT2D eigenvalue weighted by Crippen LogP contribution is 2.37. The number of hydrogen-bond acceptors (Lipinski definition) is 2. The maximum atomic E-state index is 9.31. The first kappa shape index (κ1) is 18.0. The summed E-state index contributed by atoms with van der Waals surface area (Å²) in [6.07, 6.45) is 1.66. The topological polar surface area (TPSA) is 52.5 Å². The van der Waals surface area contributed by atoms with E-state index < -0.39 is 0 Å². The minimum Gasteiger partial charge on any atom is -0.309 e. The fourth-order valence-corrected chi connectivity index (χ4v) is 3.44. The van der Waals surface area contributed by atoms with Gasteiger partial charge in [0.15, 0.2) is 0 Å². The van der Waals surface area contributed by atoms with Crippen molar-refractivity contribution in [2.45, 2.75) is 0 Å². The summed E-state index contributed by atoms with van der Waals surface area (Å²) < 4.78 is 2.18. The number of rotatable bonds is 4. The number of nitriles is 2. The number of nitrogens with zero attached hydrogens (tertiary/aromatic N) is 3. The van der Waals surface area contributed by atoms with E-state index in [1.807, 2.05) is 84.9 Å². The van der Waals surface area contributed by atoms with E-state index in [1.165, 1.54) is 0 Å². The molecule has 1 heterocycles. The van der Waals surface area contributed by atoms with Gasteiger partial charge in [-0.1, -0.05) is 78.9 Å². The molecule has 0 spiro atoms. The quantitative estimate of drug-likeness (QED) is 0.399. The molecule has 0 radical (unpaired) electrons. The van der Waals surface area contributed by atoms with Gasteiger partial charge in [-0.2, -0.15) is 10.5 Å². The van der Waals surface area contributed by atoms with Crippen LogP contribution in [0.5, 0.6) is 0 Å². The molecule has 0 aliphatic rings. The van der Waals surface area contributed by atoms with Crippen LogP contribution < -0.4 is 0 Å². The lowest BCUT2D eigenvalue weighted by Crippen LogP contribution is -1.99. The average Bonchev–Trinajstić information content (AvgIpc) is 3.18. The van der Waals surface area contributed by atoms with Crippen LogP contribution in [0.25, 0.3) is 34.3 Å². The molecule has 0 aliphatic heterocycles. The molecule has 0 fully saturated rings. The van der Waals surface area contributed by atoms with Crippen molar-refractivity contribution in [1.29, 1.82) is 10.5 Å². The third kappa shape index (κ3) is 3.58. The molecule has 0 atom stereocenters. The predicted molar refractivity (Wildman–Crippen MR) is 116 cm³/mol. The van der Waals surface area contributed by atoms with Crippen molar-refractivity contribution in [1.82, 2.24) is 4.57 Å². The lowest BCUT2D eigenvalue weighted by atomic mass is 10.1. The van der Waals surface area contributed by atoms with Gasteiger partial charge in [0.05, 0.1) is 11.4 Å². The van der Waals surface area contributed by atoms with Crippen molar-refractivity contribution in [3.8, 4) is 40.3 Å². The largest absolute Gasteiger partial charge is 0.309 e. The van der Waals surface area contributed by atoms with Crippen LogP contribution in [0.15, 0.2) is 103 Å². The molecule has 3 nitrogen and oxygen atoms in total. The Morgan fingerprint density at radius 2 is 1.21 bits per heavy atom. The molecule has 29 heavy (non-hydrogen) atoms. The summed E-state index contributed by atoms with van der Waals surface area (Å²) in [5.41, 5.74) is 5.93. The van der Waals surface area contributed by atoms with Crippen molar-refractivity contribution < 1.29 is 0 Å². The van der Waals surface area contributed by atoms with Crippen molar-refractivity contribution in [2.24, 2.45) is 0 Å². The molecule has 3 aromatic carbocycles. The lowest BCUT2D eigenvalue weighted by molar-refractivity contribution is 1.09. The Morgan fingerprint density at radius 3 is 1.76 bits per heavy atom. The highest BCUT2D eigenvalue weighted by atomic mass is 15.0. The number of benzene rings is 3. The van der Waals surface area contributed by atoms with Crippen LogP contribution in [-0.4, -0.2) is 4.57 Å². The molecule has 1 aromatic heterocycles. The van der Waals surface area contributed by atoms with Crippen molar-refractivity contribution in [3.05, 3.63) is 108 Å². The molecule has 0 saturated heterocycles. The highest BCUT2D eigenvalue weighted by molar-refractivity contribution is 5.83. The van der Waals surface area contributed by atoms with Gasteiger partial charge in [-0.25, -0.2) is 0 Å². The van der Waals surface area contributed by atoms with Gasteiger partial charge < -0.3 is 4.57 Å². The summed E-state index contributed by atoms with van der Waals surface area (Å²) in [5.74, 6) is 0. The van der Waals surface area contributed by atoms with Crippen LogP contribution >= 0.6 is 0 Å². The smallest absolute Gasteiger partial charge is 0.130 e. The average molecular weight is 371 g/mol. The summed E-state index contributed by atoms with van der Waals surface area (Å²) in [5, 5.41) is 18.6. The Kier molecular flexibility index (Phi) is 5.06. The second-order valence-electron chi connectivity index (χ2n) is 6.52. The molecule has 0 saturated carbocycles. The Balaban J connectivity index is 2.11. The van der Waals surface area contributed by atoms with E-state index in [1.54, 1.807) is 6.08 Å². The predicted octanol–water partition coefficient (Wildman–Crippen LogP) is 6.24. The molecule has 0 unspecified atom stereocenters. The van der Waals surface area contributed by atoms with Crippen LogP contribution in [0.2, 0.25) is 0 Å². The van der Waals surface area contributed by atoms with Gasteiger partial charge in [0, 0.05) is 11.3 Å². The zero-order valence-corrected chi connectivity index (χ0v) is 15.7. The molecule has 4 rings (SSSR count). The normalized spacial score (nSPS) is 10.0. The van der Waals surface area contributed by atoms with Gasteiger partial charge in [0.25, 0.3) is 0 Å². The van der Waals surface area contributed by atoms with Crippen molar-refractivity contribution in [3.63, 3.8) is 0 Å². The number of aromatic nitrogens is 1. The first-order valence-corrected chi connectivity index (χ1v) is 9.25. The Hall–Kier alpha value is -4.34. The standard InChI is InChI=1S/C26H17N3/c27-18-20(19-28)16-23-17-25(21-10-4-1-5-11-21)29(24-14-8-3-9-15-24)26(23)22-12-6-2-7-13-22/h1-17H. The zero-order chi connectivity index (χ0) is 20.1. The molecule has 3 heteroatoms. The molecule has 0 aliphatic carbocycles. The van der Waals surface area contributed by atoms with Gasteiger partial charge in [-0.05, 0) is 35.4 Å². The minimum absolute atomic E-state index is 0.0759. The van der Waals surface area contributed by atoms with E-state index in [9.17, 15) is 10.5 Å². The number of hydrogen-bond donors (Lipinski definition) is 0. The van der Waals surface area contributed by atoms with Crippen LogP contribution in [0.3, 0.4) is 0 Å². The summed E-state index contributed by atoms with van der Waals surface area (Å²) in [7, 11) is 0. The third-order valence-electron chi connectivity index (χ3n) is 4.70. The monoisotopic (exact) mass is 371 g/mol. The van der Waals surface area contributed by atoms with E-state index in [0.29, 0.717) is 0 Å². The Labute approximate surface area is 170 Å². The van der Waals surface area contributed by atoms with E-state index in [0.717, 1.165) is 33.8 Å². The molecule has 0 N–H and O–H groups in total. The maximum absolute atomic E-state index is 9.31. The summed E-state index contributed by atoms with van der Waals surface area (Å²) in [6, 6.07) is 36.3. The summed E-state index contributed by atoms with van der Waals surface area (Å²) in [6.45, 7) is 0. The second kappa shape index (κ2) is 8.13. The molecular weight excluding hydrogens is 354 g/mol. The van der Waals surface area contributed by atoms with Crippen LogP contribution in [-0.2, 0) is 0 Å². The van der Waals surface area contributed by atoms with Gasteiger partial charge in [-0.3, -0.25) is 0 Å². The van der Waals surface area contributed by atoms with Crippen molar-refractivity contribution in [2.75, 3.05) is 0 Å². The van der Waals surface area contributed by atoms with Crippen LogP contribution in [0.1, 0.15) is 5.56 Å². The molecular formula is C26H17N3. The molecule has 0 amide bonds. The fraction of sp³-hybridized carbons (Fsp3) is 0. The number of para-hydroxylation sites is 1. The first-order chi connectivity index (χ1) is 14.3. The number of allylic oxidation sites excluding steroid dienone is 1. The lowest BCUT2D eigenvalue weighted by Gasteiger charge is -2.15. The van der Waals surface area contributed by atoms with Crippen molar-refractivity contribution >= 4 is 6.08 Å². The Morgan fingerprint density at radius 1 is 0.690 bits per heavy atom. The van der Waals surface area contributed by atoms with Gasteiger partial charge in [0.1, 0.15) is 17.7 Å². The zero-order valence-electron chi connectivity index (χ0n) is 15.7. The maximum Gasteiger partial charge on any atom is 0.130 e. The molecule has 0 bridgehead atoms. The van der Waals surface area contributed by atoms with Gasteiger partial charge in [0.2, 0.25) is 0 Å². The van der Waals surface area contributed by atoms with Gasteiger partial charge >= 0.3 is 0 Å². The third-order valence-corrected chi connectivity index (χ3v) is 4.70. The van der Waals surface area contributed by atoms with E-state index in [2.05, 4.69) is 28.8 Å². The molecule has 136 valence electrons. The van der Waals surface area contributed by atoms with E-state index in [-0.39, 0.29) is 5.57 Å². The summed E-state index contributed by atoms with van der Waals surface area (Å²) >= 11 is 0. The Bertz CT molecular complexity index is 1220. The van der Waals surface area contributed by atoms with E-state index >= 15 is 0 Å². The van der Waals surface area contributed by atoms with Crippen LogP contribution in [0.4, 0.5) is 0 Å². The highest BCUT2D eigenvalue weighted by Gasteiger charge is 2.18. The fourth-order valence-electron chi connectivity index (χ4n) is 3.44. The summed E-state index contributed by atoms with van der Waals surface area (Å²) in [4.78, 5) is 0. The first-order valence-electron chi connectivity index (χ1n) is 9.25. The van der Waals surface area contributed by atoms with Crippen LogP contribution in [0, 0.1) is 22.7 Å². The molecule has 4 aromatic rings. The SMILES string of the molecule is N#CC(C#N)=Cc1cc(-c2ccccc2)n(-c2ccccc2)c1-c1ccccc1. The second-order valence-corrected chi connectivity index (χ2v) is 6.52.